The molecule has 1 fully saturated rings. The Morgan fingerprint density at radius 1 is 1.27 bits per heavy atom. The van der Waals surface area contributed by atoms with Gasteiger partial charge in [0.2, 0.25) is 5.91 Å². The maximum Gasteiger partial charge on any atom is 0.236 e. The van der Waals surface area contributed by atoms with E-state index in [1.165, 1.54) is 19.3 Å². The number of nitrogens with one attached hydrogen (secondary N) is 1. The van der Waals surface area contributed by atoms with Crippen LogP contribution in [0.1, 0.15) is 24.8 Å². The Hall–Kier alpha value is -1.79. The number of nitrogens with zero attached hydrogens (tertiary/aromatic N) is 2. The molecule has 2 rings (SSSR count). The standard InChI is InChI=1S/C20H33N3O3/c1-21-11-8-16-9-12-23(13-10-16)15-19(24)22(2)14-17-6-5-7-18(25-3)20(17)26-4/h5-7,16,21H,8-15H2,1-4H3. The normalized spacial score (nSPS) is 15.7. The van der Waals surface area contributed by atoms with Crippen molar-refractivity contribution in [1.29, 1.82) is 0 Å². The minimum absolute atomic E-state index is 0.142. The molecule has 0 spiro atoms. The van der Waals surface area contributed by atoms with E-state index in [9.17, 15) is 4.79 Å². The van der Waals surface area contributed by atoms with E-state index in [0.29, 0.717) is 24.6 Å². The highest BCUT2D eigenvalue weighted by molar-refractivity contribution is 5.78. The van der Waals surface area contributed by atoms with Crippen molar-refractivity contribution in [2.24, 2.45) is 5.92 Å². The van der Waals surface area contributed by atoms with Gasteiger partial charge in [-0.3, -0.25) is 9.69 Å². The molecule has 26 heavy (non-hydrogen) atoms. The molecule has 1 aliphatic rings. The lowest BCUT2D eigenvalue weighted by atomic mass is 9.93. The quantitative estimate of drug-likeness (QED) is 0.727. The van der Waals surface area contributed by atoms with Crippen molar-refractivity contribution in [3.05, 3.63) is 23.8 Å². The average Bonchev–Trinajstić information content (AvgIpc) is 2.67. The molecule has 0 unspecified atom stereocenters. The first kappa shape index (κ1) is 20.5. The number of amides is 1. The first-order valence-corrected chi connectivity index (χ1v) is 9.39. The summed E-state index contributed by atoms with van der Waals surface area (Å²) in [7, 11) is 7.10. The average molecular weight is 364 g/mol. The third kappa shape index (κ3) is 5.61. The predicted octanol–water partition coefficient (Wildman–Crippen LogP) is 1.98. The largest absolute Gasteiger partial charge is 0.493 e. The minimum atomic E-state index is 0.142. The Kier molecular flexibility index (Phi) is 8.19. The fourth-order valence-corrected chi connectivity index (χ4v) is 3.52. The van der Waals surface area contributed by atoms with Crippen LogP contribution in [0.5, 0.6) is 11.5 Å². The topological polar surface area (TPSA) is 54.0 Å². The molecule has 6 nitrogen and oxygen atoms in total. The molecule has 1 N–H and O–H groups in total. The summed E-state index contributed by atoms with van der Waals surface area (Å²) in [6, 6.07) is 5.76. The van der Waals surface area contributed by atoms with Gasteiger partial charge >= 0.3 is 0 Å². The monoisotopic (exact) mass is 363 g/mol. The smallest absolute Gasteiger partial charge is 0.236 e. The fourth-order valence-electron chi connectivity index (χ4n) is 3.52. The summed E-state index contributed by atoms with van der Waals surface area (Å²) >= 11 is 0. The van der Waals surface area contributed by atoms with Gasteiger partial charge in [-0.15, -0.1) is 0 Å². The van der Waals surface area contributed by atoms with Gasteiger partial charge in [0, 0.05) is 19.2 Å². The van der Waals surface area contributed by atoms with Crippen LogP contribution in [0.2, 0.25) is 0 Å². The van der Waals surface area contributed by atoms with Crippen molar-refractivity contribution in [2.45, 2.75) is 25.8 Å². The molecular weight excluding hydrogens is 330 g/mol. The summed E-state index contributed by atoms with van der Waals surface area (Å²) < 4.78 is 10.8. The van der Waals surface area contributed by atoms with Crippen LogP contribution in [0.3, 0.4) is 0 Å². The van der Waals surface area contributed by atoms with Crippen LogP contribution in [0.4, 0.5) is 0 Å². The van der Waals surface area contributed by atoms with E-state index in [-0.39, 0.29) is 5.91 Å². The van der Waals surface area contributed by atoms with Crippen molar-refractivity contribution in [1.82, 2.24) is 15.1 Å². The summed E-state index contributed by atoms with van der Waals surface area (Å²) in [5.41, 5.74) is 0.952. The molecule has 146 valence electrons. The summed E-state index contributed by atoms with van der Waals surface area (Å²) in [5.74, 6) is 2.31. The van der Waals surface area contributed by atoms with Crippen molar-refractivity contribution >= 4 is 5.91 Å². The van der Waals surface area contributed by atoms with E-state index in [2.05, 4.69) is 10.2 Å². The number of piperidine rings is 1. The molecule has 6 heteroatoms. The molecule has 1 heterocycles. The van der Waals surface area contributed by atoms with Crippen LogP contribution in [-0.2, 0) is 11.3 Å². The van der Waals surface area contributed by atoms with Gasteiger partial charge in [-0.1, -0.05) is 12.1 Å². The molecular formula is C20H33N3O3. The van der Waals surface area contributed by atoms with Gasteiger partial charge in [-0.2, -0.15) is 0 Å². The van der Waals surface area contributed by atoms with Crippen molar-refractivity contribution < 1.29 is 14.3 Å². The van der Waals surface area contributed by atoms with Gasteiger partial charge in [0.05, 0.1) is 20.8 Å². The SMILES string of the molecule is CNCCC1CCN(CC(=O)N(C)Cc2cccc(OC)c2OC)CC1. The van der Waals surface area contributed by atoms with Gasteiger partial charge in [-0.25, -0.2) is 0 Å². The molecule has 0 bridgehead atoms. The van der Waals surface area contributed by atoms with Crippen molar-refractivity contribution in [3.63, 3.8) is 0 Å². The van der Waals surface area contributed by atoms with Crippen LogP contribution < -0.4 is 14.8 Å². The molecule has 1 aromatic carbocycles. The van der Waals surface area contributed by atoms with E-state index < -0.39 is 0 Å². The number of carbonyl (C=O) groups excluding carboxylic acids is 1. The predicted molar refractivity (Wildman–Crippen MR) is 104 cm³/mol. The van der Waals surface area contributed by atoms with E-state index in [1.807, 2.05) is 32.3 Å². The molecule has 1 aliphatic heterocycles. The third-order valence-corrected chi connectivity index (χ3v) is 5.19. The Balaban J connectivity index is 1.85. The molecule has 0 radical (unpaired) electrons. The number of likely N-dealkylation sites (N-methyl/N-ethyl adjacent to an activating group) is 1. The third-order valence-electron chi connectivity index (χ3n) is 5.19. The summed E-state index contributed by atoms with van der Waals surface area (Å²) in [5, 5.41) is 3.22. The Labute approximate surface area is 157 Å². The molecule has 1 amide bonds. The number of hydrogen-bond acceptors (Lipinski definition) is 5. The molecule has 0 atom stereocenters. The first-order valence-electron chi connectivity index (χ1n) is 9.39. The van der Waals surface area contributed by atoms with Crippen LogP contribution in [0.15, 0.2) is 18.2 Å². The molecule has 0 aliphatic carbocycles. The zero-order valence-electron chi connectivity index (χ0n) is 16.6. The van der Waals surface area contributed by atoms with Crippen molar-refractivity contribution in [3.8, 4) is 11.5 Å². The maximum atomic E-state index is 12.6. The maximum absolute atomic E-state index is 12.6. The lowest BCUT2D eigenvalue weighted by Crippen LogP contribution is -2.42. The zero-order valence-corrected chi connectivity index (χ0v) is 16.6. The second kappa shape index (κ2) is 10.4. The number of likely N-dealkylation sites (tertiary alicyclic amines) is 1. The molecule has 1 saturated heterocycles. The van der Waals surface area contributed by atoms with E-state index in [1.54, 1.807) is 19.1 Å². The lowest BCUT2D eigenvalue weighted by molar-refractivity contribution is -0.132. The summed E-state index contributed by atoms with van der Waals surface area (Å²) in [6.07, 6.45) is 3.60. The number of carbonyl (C=O) groups is 1. The second-order valence-corrected chi connectivity index (χ2v) is 7.01. The van der Waals surface area contributed by atoms with Crippen molar-refractivity contribution in [2.75, 3.05) is 54.5 Å². The number of para-hydroxylation sites is 1. The Bertz CT molecular complexity index is 571. The highest BCUT2D eigenvalue weighted by Crippen LogP contribution is 2.31. The Morgan fingerprint density at radius 2 is 2.00 bits per heavy atom. The number of benzene rings is 1. The van der Waals surface area contributed by atoms with Gasteiger partial charge < -0.3 is 19.7 Å². The van der Waals surface area contributed by atoms with Crippen LogP contribution in [0, 0.1) is 5.92 Å². The molecule has 0 saturated carbocycles. The van der Waals surface area contributed by atoms with Crippen LogP contribution >= 0.6 is 0 Å². The van der Waals surface area contributed by atoms with E-state index >= 15 is 0 Å². The van der Waals surface area contributed by atoms with Gasteiger partial charge in [0.1, 0.15) is 0 Å². The molecule has 0 aromatic heterocycles. The van der Waals surface area contributed by atoms with Crippen LogP contribution in [0.25, 0.3) is 0 Å². The number of rotatable bonds is 9. The minimum Gasteiger partial charge on any atom is -0.493 e. The van der Waals surface area contributed by atoms with E-state index in [4.69, 9.17) is 9.47 Å². The number of hydrogen-bond donors (Lipinski definition) is 1. The van der Waals surface area contributed by atoms with Gasteiger partial charge in [0.15, 0.2) is 11.5 Å². The second-order valence-electron chi connectivity index (χ2n) is 7.01. The highest BCUT2D eigenvalue weighted by atomic mass is 16.5. The fraction of sp³-hybridized carbons (Fsp3) is 0.650. The summed E-state index contributed by atoms with van der Waals surface area (Å²) in [6.45, 7) is 4.10. The Morgan fingerprint density at radius 3 is 2.62 bits per heavy atom. The van der Waals surface area contributed by atoms with Gasteiger partial charge in [0.25, 0.3) is 0 Å². The first-order chi connectivity index (χ1) is 12.6. The number of ether oxygens (including phenoxy) is 2. The van der Waals surface area contributed by atoms with E-state index in [0.717, 1.165) is 31.1 Å². The number of methoxy groups -OCH3 is 2. The summed E-state index contributed by atoms with van der Waals surface area (Å²) in [4.78, 5) is 16.7. The highest BCUT2D eigenvalue weighted by Gasteiger charge is 2.22. The molecule has 1 aromatic rings. The van der Waals surface area contributed by atoms with Gasteiger partial charge in [-0.05, 0) is 57.9 Å². The zero-order chi connectivity index (χ0) is 18.9. The lowest BCUT2D eigenvalue weighted by Gasteiger charge is -2.32. The van der Waals surface area contributed by atoms with Crippen LogP contribution in [-0.4, -0.2) is 70.2 Å².